The van der Waals surface area contributed by atoms with Gasteiger partial charge in [0.05, 0.1) is 0 Å². The van der Waals surface area contributed by atoms with Crippen LogP contribution in [0.5, 0.6) is 5.75 Å². The number of esters is 1. The summed E-state index contributed by atoms with van der Waals surface area (Å²) >= 11 is 0. The maximum atomic E-state index is 12.9. The van der Waals surface area contributed by atoms with Crippen LogP contribution in [0.25, 0.3) is 6.08 Å². The fourth-order valence-corrected chi connectivity index (χ4v) is 7.74. The lowest BCUT2D eigenvalue weighted by molar-refractivity contribution is -0.167. The van der Waals surface area contributed by atoms with Crippen LogP contribution in [0, 0.1) is 35.5 Å². The Morgan fingerprint density at radius 3 is 2.51 bits per heavy atom. The summed E-state index contributed by atoms with van der Waals surface area (Å²) in [6.45, 7) is 11.2. The number of aryl methyl sites for hydroxylation is 1. The number of carbonyl (C=O) groups is 1. The maximum absolute atomic E-state index is 12.9. The Morgan fingerprint density at radius 1 is 1.09 bits per heavy atom. The summed E-state index contributed by atoms with van der Waals surface area (Å²) in [6, 6.07) is 7.35. The van der Waals surface area contributed by atoms with Gasteiger partial charge in [0.1, 0.15) is 18.0 Å². The van der Waals surface area contributed by atoms with Crippen LogP contribution in [0.3, 0.4) is 0 Å². The summed E-state index contributed by atoms with van der Waals surface area (Å²) in [5, 5.41) is 0. The van der Waals surface area contributed by atoms with Crippen molar-refractivity contribution in [1.29, 1.82) is 0 Å². The first-order valence-corrected chi connectivity index (χ1v) is 12.8. The van der Waals surface area contributed by atoms with E-state index in [9.17, 15) is 9.59 Å². The molecule has 3 fully saturated rings. The van der Waals surface area contributed by atoms with Gasteiger partial charge in [-0.25, -0.2) is 9.59 Å². The maximum Gasteiger partial charge on any atom is 0.519 e. The molecule has 0 aliphatic heterocycles. The molecule has 1 aromatic carbocycles. The first-order valence-electron chi connectivity index (χ1n) is 12.8. The Morgan fingerprint density at radius 2 is 1.83 bits per heavy atom. The van der Waals surface area contributed by atoms with Crippen LogP contribution in [-0.2, 0) is 16.1 Å². The second-order valence-corrected chi connectivity index (χ2v) is 11.7. The molecule has 6 heteroatoms. The molecule has 5 rings (SSSR count). The number of ether oxygens (including phenoxy) is 2. The zero-order chi connectivity index (χ0) is 25.0. The zero-order valence-corrected chi connectivity index (χ0v) is 21.4. The number of hydrogen-bond acceptors (Lipinski definition) is 6. The van der Waals surface area contributed by atoms with E-state index in [4.69, 9.17) is 18.3 Å². The molecular weight excluding hydrogens is 444 g/mol. The first-order chi connectivity index (χ1) is 16.5. The highest BCUT2D eigenvalue weighted by Gasteiger charge is 2.68. The van der Waals surface area contributed by atoms with Gasteiger partial charge in [-0.1, -0.05) is 32.9 Å². The molecule has 188 valence electrons. The van der Waals surface area contributed by atoms with Gasteiger partial charge in [-0.3, -0.25) is 0 Å². The van der Waals surface area contributed by atoms with Crippen molar-refractivity contribution in [2.75, 3.05) is 0 Å². The lowest BCUT2D eigenvalue weighted by Crippen LogP contribution is -2.47. The standard InChI is InChI=1S/C29H36O6/c1-18-6-12-23-27(3,4)24-16-29(18,23)15-14-28(24,5)35-25(30)13-9-20-7-10-21(11-8-20)32-17-22-19(2)33-26(31)34-22/h7-11,13,18,23-24H,6,12,14-17H2,1-5H3/b13-9+/t18-,23+,24-,28-,29+/m1/s1. The van der Waals surface area contributed by atoms with Crippen molar-refractivity contribution in [2.45, 2.75) is 78.9 Å². The molecular formula is C29H36O6. The highest BCUT2D eigenvalue weighted by atomic mass is 16.6. The van der Waals surface area contributed by atoms with Crippen molar-refractivity contribution < 1.29 is 23.1 Å². The lowest BCUT2D eigenvalue weighted by Gasteiger charge is -2.46. The minimum absolute atomic E-state index is 0.107. The molecule has 0 radical (unpaired) electrons. The van der Waals surface area contributed by atoms with Crippen molar-refractivity contribution >= 4 is 12.0 Å². The molecule has 3 saturated carbocycles. The largest absolute Gasteiger partial charge is 0.519 e. The SMILES string of the molecule is Cc1oc(=O)oc1COc1ccc(/C=C/C(=O)O[C@]2(C)CC[C@@]34C[C@@H]2C(C)(C)[C@@H]3CC[C@H]4C)cc1. The van der Waals surface area contributed by atoms with Gasteiger partial charge in [0.25, 0.3) is 0 Å². The van der Waals surface area contributed by atoms with Crippen molar-refractivity contribution in [3.63, 3.8) is 0 Å². The number of fused-ring (bicyclic) bond motifs is 1. The van der Waals surface area contributed by atoms with Gasteiger partial charge in [0.15, 0.2) is 11.5 Å². The molecule has 35 heavy (non-hydrogen) atoms. The van der Waals surface area contributed by atoms with Crippen molar-refractivity contribution in [2.24, 2.45) is 28.6 Å². The van der Waals surface area contributed by atoms with Gasteiger partial charge < -0.3 is 18.3 Å². The average Bonchev–Trinajstić information content (AvgIpc) is 3.38. The van der Waals surface area contributed by atoms with Crippen LogP contribution in [-0.4, -0.2) is 11.6 Å². The van der Waals surface area contributed by atoms with Gasteiger partial charge >= 0.3 is 11.8 Å². The predicted octanol–water partition coefficient (Wildman–Crippen LogP) is 6.31. The third-order valence-electron chi connectivity index (χ3n) is 9.60. The third kappa shape index (κ3) is 4.05. The van der Waals surface area contributed by atoms with Crippen LogP contribution >= 0.6 is 0 Å². The Hall–Kier alpha value is -2.76. The number of carbonyl (C=O) groups excluding carboxylic acids is 1. The van der Waals surface area contributed by atoms with Crippen LogP contribution in [0.4, 0.5) is 0 Å². The number of hydrogen-bond donors (Lipinski definition) is 0. The fraction of sp³-hybridized carbons (Fsp3) is 0.586. The van der Waals surface area contributed by atoms with E-state index in [1.54, 1.807) is 25.1 Å². The van der Waals surface area contributed by atoms with Gasteiger partial charge in [-0.15, -0.1) is 0 Å². The number of rotatable bonds is 6. The Balaban J connectivity index is 1.20. The third-order valence-corrected chi connectivity index (χ3v) is 9.60. The quantitative estimate of drug-likeness (QED) is 0.356. The van der Waals surface area contributed by atoms with Crippen molar-refractivity contribution in [3.05, 3.63) is 58.0 Å². The van der Waals surface area contributed by atoms with E-state index in [0.29, 0.717) is 28.6 Å². The number of benzene rings is 1. The van der Waals surface area contributed by atoms with E-state index in [-0.39, 0.29) is 18.0 Å². The molecule has 1 spiro atoms. The topological polar surface area (TPSA) is 78.9 Å². The summed E-state index contributed by atoms with van der Waals surface area (Å²) in [6.07, 6.45) is 9.24. The molecule has 1 aromatic heterocycles. The fourth-order valence-electron chi connectivity index (χ4n) is 7.74. The normalized spacial score (nSPS) is 33.1. The summed E-state index contributed by atoms with van der Waals surface area (Å²) in [7, 11) is 0. The zero-order valence-electron chi connectivity index (χ0n) is 21.4. The van der Waals surface area contributed by atoms with Gasteiger partial charge in [-0.2, -0.15) is 0 Å². The Kier molecular flexibility index (Phi) is 5.77. The predicted molar refractivity (Wildman–Crippen MR) is 132 cm³/mol. The van der Waals surface area contributed by atoms with E-state index < -0.39 is 11.4 Å². The molecule has 3 aliphatic rings. The minimum Gasteiger partial charge on any atom is -0.486 e. The molecule has 0 saturated heterocycles. The van der Waals surface area contributed by atoms with Gasteiger partial charge in [0, 0.05) is 12.0 Å². The highest BCUT2D eigenvalue weighted by molar-refractivity contribution is 5.87. The molecule has 5 atom stereocenters. The van der Waals surface area contributed by atoms with Crippen LogP contribution < -0.4 is 10.6 Å². The van der Waals surface area contributed by atoms with Gasteiger partial charge in [-0.05, 0) is 92.4 Å². The van der Waals surface area contributed by atoms with Crippen LogP contribution in [0.1, 0.15) is 76.9 Å². The lowest BCUT2D eigenvalue weighted by atomic mass is 9.64. The molecule has 2 aromatic rings. The monoisotopic (exact) mass is 480 g/mol. The Labute approximate surface area is 206 Å². The smallest absolute Gasteiger partial charge is 0.486 e. The van der Waals surface area contributed by atoms with E-state index >= 15 is 0 Å². The van der Waals surface area contributed by atoms with E-state index in [0.717, 1.165) is 30.2 Å². The molecule has 3 aliphatic carbocycles. The minimum atomic E-state index is -0.732. The molecule has 0 unspecified atom stereocenters. The first kappa shape index (κ1) is 24.0. The average molecular weight is 481 g/mol. The van der Waals surface area contributed by atoms with E-state index in [2.05, 4.69) is 27.7 Å². The molecule has 1 heterocycles. The van der Waals surface area contributed by atoms with Gasteiger partial charge in [0.2, 0.25) is 0 Å². The van der Waals surface area contributed by atoms with E-state index in [1.807, 2.05) is 12.1 Å². The summed E-state index contributed by atoms with van der Waals surface area (Å²) in [5.74, 6) is 2.29. The van der Waals surface area contributed by atoms with Crippen molar-refractivity contribution in [1.82, 2.24) is 0 Å². The Bertz CT molecular complexity index is 1180. The van der Waals surface area contributed by atoms with Crippen LogP contribution in [0.2, 0.25) is 0 Å². The summed E-state index contributed by atoms with van der Waals surface area (Å²) in [5.41, 5.74) is 1.09. The highest BCUT2D eigenvalue weighted by Crippen LogP contribution is 2.73. The van der Waals surface area contributed by atoms with Crippen molar-refractivity contribution in [3.8, 4) is 5.75 Å². The second-order valence-electron chi connectivity index (χ2n) is 11.7. The molecule has 6 nitrogen and oxygen atoms in total. The molecule has 0 N–H and O–H groups in total. The molecule has 2 bridgehead atoms. The summed E-state index contributed by atoms with van der Waals surface area (Å²) < 4.78 is 21.6. The second kappa shape index (κ2) is 8.42. The van der Waals surface area contributed by atoms with E-state index in [1.165, 1.54) is 25.3 Å². The summed E-state index contributed by atoms with van der Waals surface area (Å²) in [4.78, 5) is 24.0. The van der Waals surface area contributed by atoms with Crippen LogP contribution in [0.15, 0.2) is 44.0 Å². The molecule has 0 amide bonds.